The lowest BCUT2D eigenvalue weighted by atomic mass is 9.87. The second-order valence-corrected chi connectivity index (χ2v) is 6.49. The van der Waals surface area contributed by atoms with E-state index in [0.29, 0.717) is 26.9 Å². The Morgan fingerprint density at radius 2 is 1.20 bits per heavy atom. The second-order valence-electron chi connectivity index (χ2n) is 5.62. The van der Waals surface area contributed by atoms with Crippen LogP contribution in [-0.4, -0.2) is 11.7 Å². The molecule has 5 heteroatoms. The summed E-state index contributed by atoms with van der Waals surface area (Å²) < 4.78 is 18.7. The van der Waals surface area contributed by atoms with Crippen molar-refractivity contribution in [3.05, 3.63) is 99.8 Å². The normalized spacial score (nSPS) is 11.4. The monoisotopic (exact) mass is 376 g/mol. The molecule has 3 aromatic rings. The number of benzene rings is 3. The first kappa shape index (κ1) is 17.7. The molecule has 3 aromatic carbocycles. The number of hydrogen-bond donors (Lipinski definition) is 1. The van der Waals surface area contributed by atoms with Crippen molar-refractivity contribution >= 4 is 23.2 Å². The van der Waals surface area contributed by atoms with Gasteiger partial charge in [0.2, 0.25) is 0 Å². The van der Waals surface area contributed by atoms with Gasteiger partial charge in [-0.2, -0.15) is 0 Å². The Hall–Kier alpha value is -2.07. The van der Waals surface area contributed by atoms with Gasteiger partial charge in [-0.3, -0.25) is 0 Å². The Morgan fingerprint density at radius 1 is 0.760 bits per heavy atom. The van der Waals surface area contributed by atoms with Crippen LogP contribution in [0.1, 0.15) is 11.1 Å². The molecule has 0 spiro atoms. The quantitative estimate of drug-likeness (QED) is 0.641. The number of ether oxygens (including phenoxy) is 1. The third-order valence-electron chi connectivity index (χ3n) is 3.90. The maximum absolute atomic E-state index is 13.0. The van der Waals surface area contributed by atoms with E-state index in [-0.39, 0.29) is 12.4 Å². The van der Waals surface area contributed by atoms with Gasteiger partial charge in [-0.15, -0.1) is 0 Å². The molecule has 0 aliphatic heterocycles. The molecule has 0 heterocycles. The third-order valence-corrected chi connectivity index (χ3v) is 4.41. The zero-order valence-electron chi connectivity index (χ0n) is 13.1. The fourth-order valence-electron chi connectivity index (χ4n) is 2.50. The van der Waals surface area contributed by atoms with Crippen molar-refractivity contribution in [3.63, 3.8) is 0 Å². The average molecular weight is 377 g/mol. The Balaban J connectivity index is 1.94. The second kappa shape index (κ2) is 7.44. The molecule has 0 fully saturated rings. The van der Waals surface area contributed by atoms with Gasteiger partial charge in [0.1, 0.15) is 23.8 Å². The summed E-state index contributed by atoms with van der Waals surface area (Å²) in [6, 6.07) is 19.4. The van der Waals surface area contributed by atoms with Crippen molar-refractivity contribution in [3.8, 4) is 5.75 Å². The average Bonchev–Trinajstić information content (AvgIpc) is 2.62. The summed E-state index contributed by atoms with van der Waals surface area (Å²) in [5.41, 5.74) is -0.161. The molecule has 0 saturated carbocycles. The van der Waals surface area contributed by atoms with Crippen LogP contribution in [0, 0.1) is 5.82 Å². The van der Waals surface area contributed by atoms with Crippen LogP contribution in [0.2, 0.25) is 10.0 Å². The van der Waals surface area contributed by atoms with Gasteiger partial charge in [-0.25, -0.2) is 4.39 Å². The molecule has 0 aliphatic rings. The number of hydrogen-bond acceptors (Lipinski definition) is 2. The van der Waals surface area contributed by atoms with E-state index in [9.17, 15) is 9.50 Å². The highest BCUT2D eigenvalue weighted by molar-refractivity contribution is 6.30. The predicted octanol–water partition coefficient (Wildman–Crippen LogP) is 5.45. The van der Waals surface area contributed by atoms with Gasteiger partial charge in [-0.05, 0) is 59.7 Å². The Labute approximate surface area is 155 Å². The highest BCUT2D eigenvalue weighted by atomic mass is 35.5. The largest absolute Gasteiger partial charge is 0.490 e. The molecule has 1 N–H and O–H groups in total. The van der Waals surface area contributed by atoms with Crippen molar-refractivity contribution in [1.29, 1.82) is 0 Å². The summed E-state index contributed by atoms with van der Waals surface area (Å²) in [5, 5.41) is 12.5. The summed E-state index contributed by atoms with van der Waals surface area (Å²) in [6.07, 6.45) is 0. The summed E-state index contributed by atoms with van der Waals surface area (Å²) in [7, 11) is 0. The lowest BCUT2D eigenvalue weighted by Gasteiger charge is -2.29. The van der Waals surface area contributed by atoms with Crippen LogP contribution < -0.4 is 4.74 Å². The lowest BCUT2D eigenvalue weighted by Crippen LogP contribution is -2.34. The van der Waals surface area contributed by atoms with E-state index in [1.54, 1.807) is 48.5 Å². The first-order chi connectivity index (χ1) is 12.0. The molecule has 0 unspecified atom stereocenters. The van der Waals surface area contributed by atoms with Crippen molar-refractivity contribution in [1.82, 2.24) is 0 Å². The topological polar surface area (TPSA) is 29.5 Å². The van der Waals surface area contributed by atoms with Gasteiger partial charge < -0.3 is 9.84 Å². The highest BCUT2D eigenvalue weighted by Gasteiger charge is 2.32. The Bertz CT molecular complexity index is 786. The van der Waals surface area contributed by atoms with E-state index >= 15 is 0 Å². The molecule has 0 saturated heterocycles. The molecule has 0 radical (unpaired) electrons. The van der Waals surface area contributed by atoms with Gasteiger partial charge in [0.15, 0.2) is 0 Å². The molecule has 0 bridgehead atoms. The van der Waals surface area contributed by atoms with Gasteiger partial charge in [0, 0.05) is 10.0 Å². The van der Waals surface area contributed by atoms with E-state index in [1.165, 1.54) is 24.3 Å². The van der Waals surface area contributed by atoms with Crippen LogP contribution in [0.25, 0.3) is 0 Å². The van der Waals surface area contributed by atoms with Gasteiger partial charge in [-0.1, -0.05) is 47.5 Å². The molecule has 25 heavy (non-hydrogen) atoms. The smallest absolute Gasteiger partial charge is 0.148 e. The Morgan fingerprint density at radius 3 is 1.64 bits per heavy atom. The minimum Gasteiger partial charge on any atom is -0.490 e. The van der Waals surface area contributed by atoms with Gasteiger partial charge >= 0.3 is 0 Å². The zero-order chi connectivity index (χ0) is 17.9. The van der Waals surface area contributed by atoms with Crippen LogP contribution in [0.3, 0.4) is 0 Å². The van der Waals surface area contributed by atoms with E-state index in [4.69, 9.17) is 27.9 Å². The maximum atomic E-state index is 13.0. The molecule has 0 aliphatic carbocycles. The number of rotatable bonds is 5. The molecule has 0 amide bonds. The molecule has 3 rings (SSSR count). The van der Waals surface area contributed by atoms with Gasteiger partial charge in [0.05, 0.1) is 0 Å². The minimum atomic E-state index is -1.41. The van der Waals surface area contributed by atoms with Crippen molar-refractivity contribution in [2.75, 3.05) is 6.61 Å². The number of halogens is 3. The van der Waals surface area contributed by atoms with Crippen LogP contribution >= 0.6 is 23.2 Å². The van der Waals surface area contributed by atoms with E-state index in [2.05, 4.69) is 0 Å². The minimum absolute atomic E-state index is 0.0537. The molecule has 128 valence electrons. The summed E-state index contributed by atoms with van der Waals surface area (Å²) in [6.45, 7) is -0.0537. The fraction of sp³-hybridized carbons (Fsp3) is 0.100. The molecular weight excluding hydrogens is 362 g/mol. The van der Waals surface area contributed by atoms with Crippen LogP contribution in [0.4, 0.5) is 4.39 Å². The van der Waals surface area contributed by atoms with Crippen molar-refractivity contribution in [2.45, 2.75) is 5.60 Å². The van der Waals surface area contributed by atoms with Crippen LogP contribution in [-0.2, 0) is 5.60 Å². The van der Waals surface area contributed by atoms with E-state index in [1.807, 2.05) is 0 Å². The first-order valence-electron chi connectivity index (χ1n) is 7.60. The van der Waals surface area contributed by atoms with E-state index in [0.717, 1.165) is 0 Å². The third kappa shape index (κ3) is 4.13. The predicted molar refractivity (Wildman–Crippen MR) is 97.8 cm³/mol. The molecule has 2 nitrogen and oxygen atoms in total. The van der Waals surface area contributed by atoms with Crippen molar-refractivity contribution < 1.29 is 14.2 Å². The van der Waals surface area contributed by atoms with Gasteiger partial charge in [0.25, 0.3) is 0 Å². The van der Waals surface area contributed by atoms with E-state index < -0.39 is 5.60 Å². The molecular formula is C20H15Cl2FO2. The summed E-state index contributed by atoms with van der Waals surface area (Å²) in [4.78, 5) is 0. The maximum Gasteiger partial charge on any atom is 0.148 e. The standard InChI is InChI=1S/C20H15Cl2FO2/c21-16-5-1-14(2-6-16)20(24,15-3-7-17(22)8-4-15)13-25-19-11-9-18(23)10-12-19/h1-12,24H,13H2. The lowest BCUT2D eigenvalue weighted by molar-refractivity contribution is 0.0276. The van der Waals surface area contributed by atoms with Crippen LogP contribution in [0.5, 0.6) is 5.75 Å². The molecule has 0 atom stereocenters. The SMILES string of the molecule is OC(COc1ccc(F)cc1)(c1ccc(Cl)cc1)c1ccc(Cl)cc1. The number of aliphatic hydroxyl groups is 1. The fourth-order valence-corrected chi connectivity index (χ4v) is 2.76. The summed E-state index contributed by atoms with van der Waals surface area (Å²) >= 11 is 11.9. The summed E-state index contributed by atoms with van der Waals surface area (Å²) in [5.74, 6) is 0.112. The molecule has 0 aromatic heterocycles. The van der Waals surface area contributed by atoms with Crippen molar-refractivity contribution in [2.24, 2.45) is 0 Å². The first-order valence-corrected chi connectivity index (χ1v) is 8.36. The highest BCUT2D eigenvalue weighted by Crippen LogP contribution is 2.32. The zero-order valence-corrected chi connectivity index (χ0v) is 14.6. The van der Waals surface area contributed by atoms with Crippen LogP contribution in [0.15, 0.2) is 72.8 Å². The Kier molecular flexibility index (Phi) is 5.28.